The van der Waals surface area contributed by atoms with Crippen molar-refractivity contribution < 1.29 is 0 Å². The average Bonchev–Trinajstić information content (AvgIpc) is 3.36. The molecule has 0 aliphatic rings. The molecule has 2 heterocycles. The molecule has 0 bridgehead atoms. The maximum absolute atomic E-state index is 5.56. The van der Waals surface area contributed by atoms with E-state index in [0.717, 1.165) is 49.9 Å². The van der Waals surface area contributed by atoms with Gasteiger partial charge in [-0.3, -0.25) is 4.98 Å². The van der Waals surface area contributed by atoms with Gasteiger partial charge in [-0.1, -0.05) is 176 Å². The van der Waals surface area contributed by atoms with Crippen molar-refractivity contribution in [1.82, 2.24) is 9.97 Å². The van der Waals surface area contributed by atoms with E-state index in [9.17, 15) is 0 Å². The normalized spacial score (nSPS) is 11.9. The number of hydrogen-bond acceptors (Lipinski definition) is 2. The van der Waals surface area contributed by atoms with Gasteiger partial charge in [-0.2, -0.15) is 0 Å². The standard InChI is InChI=1S/C60H36N2/c1-3-17-45-41(13-1)43-15-5-7-19-47(43)55-33-39(28-30-50(45)55)53-35-57-54(40-29-31-51-46-18-4-2-14-42(46)44-16-6-8-20-48(44)56(51)34-40)36-59(62-60(57)52-22-10-9-21-49(52)53)38-26-24-37(25-27-38)58-23-11-12-32-61-58/h1-36H. The van der Waals surface area contributed by atoms with E-state index < -0.39 is 0 Å². The fourth-order valence-electron chi connectivity index (χ4n) is 10.2. The van der Waals surface area contributed by atoms with Crippen LogP contribution in [0.3, 0.4) is 0 Å². The van der Waals surface area contributed by atoms with Crippen molar-refractivity contribution in [3.63, 3.8) is 0 Å². The van der Waals surface area contributed by atoms with Gasteiger partial charge >= 0.3 is 0 Å². The number of benzene rings is 11. The van der Waals surface area contributed by atoms with E-state index in [0.29, 0.717) is 0 Å². The van der Waals surface area contributed by atoms with Crippen LogP contribution in [0, 0.1) is 0 Å². The molecule has 0 aliphatic heterocycles. The molecule has 0 atom stereocenters. The number of aromatic nitrogens is 2. The third-order valence-corrected chi connectivity index (χ3v) is 13.1. The zero-order valence-corrected chi connectivity index (χ0v) is 33.7. The number of pyridine rings is 2. The van der Waals surface area contributed by atoms with Gasteiger partial charge in [0.25, 0.3) is 0 Å². The molecule has 0 spiro atoms. The molecule has 13 rings (SSSR count). The Morgan fingerprint density at radius 3 is 1.06 bits per heavy atom. The van der Waals surface area contributed by atoms with Gasteiger partial charge in [0, 0.05) is 28.1 Å². The van der Waals surface area contributed by atoms with Crippen LogP contribution in [-0.2, 0) is 0 Å². The monoisotopic (exact) mass is 784 g/mol. The number of fused-ring (bicyclic) bond motifs is 15. The van der Waals surface area contributed by atoms with Gasteiger partial charge < -0.3 is 0 Å². The van der Waals surface area contributed by atoms with E-state index in [2.05, 4.69) is 205 Å². The molecule has 0 fully saturated rings. The molecule has 13 aromatic rings. The highest BCUT2D eigenvalue weighted by molar-refractivity contribution is 6.28. The Hall–Kier alpha value is -8.20. The average molecular weight is 785 g/mol. The molecule has 0 unspecified atom stereocenters. The predicted octanol–water partition coefficient (Wildman–Crippen LogP) is 16.4. The molecule has 11 aromatic carbocycles. The molecule has 2 aromatic heterocycles. The van der Waals surface area contributed by atoms with Crippen molar-refractivity contribution in [2.45, 2.75) is 0 Å². The van der Waals surface area contributed by atoms with Crippen molar-refractivity contribution >= 4 is 86.3 Å². The highest BCUT2D eigenvalue weighted by atomic mass is 14.7. The molecule has 0 N–H and O–H groups in total. The van der Waals surface area contributed by atoms with Crippen LogP contribution in [-0.4, -0.2) is 9.97 Å². The summed E-state index contributed by atoms with van der Waals surface area (Å²) in [7, 11) is 0. The molecule has 62 heavy (non-hydrogen) atoms. The van der Waals surface area contributed by atoms with Crippen LogP contribution in [0.2, 0.25) is 0 Å². The van der Waals surface area contributed by atoms with E-state index in [1.807, 2.05) is 18.3 Å². The molecule has 2 nitrogen and oxygen atoms in total. The van der Waals surface area contributed by atoms with E-state index in [1.54, 1.807) is 0 Å². The van der Waals surface area contributed by atoms with Crippen molar-refractivity contribution in [3.8, 4) is 44.8 Å². The van der Waals surface area contributed by atoms with Gasteiger partial charge in [0.1, 0.15) is 0 Å². The van der Waals surface area contributed by atoms with Crippen molar-refractivity contribution in [2.75, 3.05) is 0 Å². The van der Waals surface area contributed by atoms with Crippen LogP contribution in [0.5, 0.6) is 0 Å². The van der Waals surface area contributed by atoms with E-state index in [1.165, 1.54) is 81.1 Å². The quantitative estimate of drug-likeness (QED) is 0.166. The molecule has 0 saturated carbocycles. The van der Waals surface area contributed by atoms with Gasteiger partial charge in [0.15, 0.2) is 0 Å². The van der Waals surface area contributed by atoms with E-state index in [-0.39, 0.29) is 0 Å². The molecular formula is C60H36N2. The summed E-state index contributed by atoms with van der Waals surface area (Å²) in [6.07, 6.45) is 1.84. The summed E-state index contributed by atoms with van der Waals surface area (Å²) in [6, 6.07) is 77.6. The summed E-state index contributed by atoms with van der Waals surface area (Å²) < 4.78 is 0. The second-order valence-electron chi connectivity index (χ2n) is 16.4. The minimum atomic E-state index is 0.936. The Bertz CT molecular complexity index is 3890. The second-order valence-corrected chi connectivity index (χ2v) is 16.4. The first-order valence-electron chi connectivity index (χ1n) is 21.3. The topological polar surface area (TPSA) is 25.8 Å². The van der Waals surface area contributed by atoms with Crippen LogP contribution >= 0.6 is 0 Å². The summed E-state index contributed by atoms with van der Waals surface area (Å²) in [6.45, 7) is 0. The first-order chi connectivity index (χ1) is 30.7. The fourth-order valence-corrected chi connectivity index (χ4v) is 10.2. The first kappa shape index (κ1) is 34.6. The maximum Gasteiger partial charge on any atom is 0.0794 e. The van der Waals surface area contributed by atoms with E-state index in [4.69, 9.17) is 4.98 Å². The molecule has 2 heteroatoms. The number of hydrogen-bond donors (Lipinski definition) is 0. The first-order valence-corrected chi connectivity index (χ1v) is 21.3. The van der Waals surface area contributed by atoms with Crippen molar-refractivity contribution in [1.29, 1.82) is 0 Å². The summed E-state index contributed by atoms with van der Waals surface area (Å²) in [5.74, 6) is 0. The van der Waals surface area contributed by atoms with Gasteiger partial charge in [0.2, 0.25) is 0 Å². The molecule has 0 radical (unpaired) electrons. The minimum Gasteiger partial charge on any atom is -0.256 e. The smallest absolute Gasteiger partial charge is 0.0794 e. The number of rotatable bonds is 4. The summed E-state index contributed by atoms with van der Waals surface area (Å²) in [5.41, 5.74) is 9.72. The Labute approximate surface area is 358 Å². The molecular weight excluding hydrogens is 749 g/mol. The lowest BCUT2D eigenvalue weighted by molar-refractivity contribution is 1.32. The van der Waals surface area contributed by atoms with Crippen LogP contribution in [0.4, 0.5) is 0 Å². The van der Waals surface area contributed by atoms with Crippen molar-refractivity contribution in [2.24, 2.45) is 0 Å². The van der Waals surface area contributed by atoms with E-state index >= 15 is 0 Å². The van der Waals surface area contributed by atoms with Gasteiger partial charge in [-0.05, 0) is 129 Å². The van der Waals surface area contributed by atoms with Crippen LogP contribution in [0.15, 0.2) is 219 Å². The Morgan fingerprint density at radius 1 is 0.226 bits per heavy atom. The second kappa shape index (κ2) is 13.7. The zero-order valence-electron chi connectivity index (χ0n) is 33.7. The third kappa shape index (κ3) is 5.30. The lowest BCUT2D eigenvalue weighted by Gasteiger charge is -2.18. The third-order valence-electron chi connectivity index (χ3n) is 13.1. The van der Waals surface area contributed by atoms with Crippen LogP contribution < -0.4 is 0 Å². The Balaban J connectivity index is 1.10. The largest absolute Gasteiger partial charge is 0.256 e. The lowest BCUT2D eigenvalue weighted by atomic mass is 9.88. The van der Waals surface area contributed by atoms with Gasteiger partial charge in [-0.15, -0.1) is 0 Å². The number of nitrogens with zero attached hydrogens (tertiary/aromatic N) is 2. The maximum atomic E-state index is 5.56. The van der Waals surface area contributed by atoms with Crippen molar-refractivity contribution in [3.05, 3.63) is 219 Å². The van der Waals surface area contributed by atoms with Gasteiger partial charge in [-0.25, -0.2) is 4.98 Å². The fraction of sp³-hybridized carbons (Fsp3) is 0. The molecule has 0 saturated heterocycles. The van der Waals surface area contributed by atoms with Crippen LogP contribution in [0.1, 0.15) is 0 Å². The van der Waals surface area contributed by atoms with Crippen LogP contribution in [0.25, 0.3) is 131 Å². The lowest BCUT2D eigenvalue weighted by Crippen LogP contribution is -1.94. The highest BCUT2D eigenvalue weighted by Crippen LogP contribution is 2.44. The summed E-state index contributed by atoms with van der Waals surface area (Å²) in [4.78, 5) is 10.2. The molecule has 0 amide bonds. The zero-order chi connectivity index (χ0) is 40.7. The highest BCUT2D eigenvalue weighted by Gasteiger charge is 2.19. The minimum absolute atomic E-state index is 0.936. The SMILES string of the molecule is c1ccc(-c2ccc(-c3cc(-c4ccc5c6ccccc6c6ccccc6c5c4)c4cc(-c5ccc6c7ccccc7c7ccccc7c6c5)c5ccccc5c4n3)cc2)nc1. The van der Waals surface area contributed by atoms with Gasteiger partial charge in [0.05, 0.1) is 16.9 Å². The predicted molar refractivity (Wildman–Crippen MR) is 264 cm³/mol. The summed E-state index contributed by atoms with van der Waals surface area (Å²) in [5, 5.41) is 18.7. The Morgan fingerprint density at radius 2 is 0.597 bits per heavy atom. The summed E-state index contributed by atoms with van der Waals surface area (Å²) >= 11 is 0. The molecule has 286 valence electrons. The Kier molecular flexibility index (Phi) is 7.64. The molecule has 0 aliphatic carbocycles.